The van der Waals surface area contributed by atoms with Crippen LogP contribution in [0.15, 0.2) is 23.9 Å². The summed E-state index contributed by atoms with van der Waals surface area (Å²) in [4.78, 5) is 9.96. The fourth-order valence-electron chi connectivity index (χ4n) is 2.87. The third-order valence-corrected chi connectivity index (χ3v) is 9.55. The van der Waals surface area contributed by atoms with Gasteiger partial charge < -0.3 is 4.74 Å². The number of benzene rings is 1. The number of fused-ring (bicyclic) bond motifs is 1. The molecule has 0 fully saturated rings. The number of halogens is 3. The van der Waals surface area contributed by atoms with E-state index in [-0.39, 0.29) is 11.3 Å². The van der Waals surface area contributed by atoms with Gasteiger partial charge in [-0.3, -0.25) is 10.1 Å². The summed E-state index contributed by atoms with van der Waals surface area (Å²) < 4.78 is 43.9. The lowest BCUT2D eigenvalue weighted by Crippen LogP contribution is -2.40. The van der Waals surface area contributed by atoms with Crippen LogP contribution in [0.25, 0.3) is 6.08 Å². The number of nitrogens with zero attached hydrogens (tertiary/aromatic N) is 1. The van der Waals surface area contributed by atoms with Gasteiger partial charge in [-0.15, -0.1) is 5.54 Å². The molecule has 1 unspecified atom stereocenters. The smallest absolute Gasteiger partial charge is 0.436 e. The van der Waals surface area contributed by atoms with Crippen LogP contribution in [0.4, 0.5) is 13.2 Å². The lowest BCUT2D eigenvalue weighted by molar-refractivity contribution is -0.443. The van der Waals surface area contributed by atoms with Crippen molar-refractivity contribution in [3.05, 3.63) is 45.1 Å². The summed E-state index contributed by atoms with van der Waals surface area (Å²) in [6.07, 6.45) is -6.50. The minimum absolute atomic E-state index is 0.0338. The highest BCUT2D eigenvalue weighted by Crippen LogP contribution is 2.37. The average molecular weight is 383 g/mol. The minimum Gasteiger partial charge on any atom is -0.469 e. The normalized spacial score (nSPS) is 16.7. The predicted molar refractivity (Wildman–Crippen MR) is 96.0 cm³/mol. The van der Waals surface area contributed by atoms with E-state index in [0.29, 0.717) is 5.56 Å². The number of hydrogen-bond acceptors (Lipinski definition) is 3. The fourth-order valence-corrected chi connectivity index (χ4v) is 5.31. The van der Waals surface area contributed by atoms with E-state index in [1.807, 2.05) is 0 Å². The zero-order valence-electron chi connectivity index (χ0n) is 14.8. The van der Waals surface area contributed by atoms with E-state index in [9.17, 15) is 23.3 Å². The summed E-state index contributed by atoms with van der Waals surface area (Å²) in [5.41, 5.74) is 3.22. The van der Waals surface area contributed by atoms with Crippen molar-refractivity contribution in [2.24, 2.45) is 0 Å². The molecule has 0 saturated carbocycles. The van der Waals surface area contributed by atoms with Crippen molar-refractivity contribution in [1.82, 2.24) is 0 Å². The van der Waals surface area contributed by atoms with Crippen LogP contribution in [-0.4, -0.2) is 25.3 Å². The summed E-state index contributed by atoms with van der Waals surface area (Å²) in [5, 5.41) is 11.0. The molecule has 1 atom stereocenters. The standard InChI is InChI=1S/C18H20F3NO3Si/c1-4-26(5-2,6-3)10-9-13-7-8-16-14(11-13)12-15(22(23)24)17(25-16)18(19,20)21/h7-8,11-12,17H,4-6H2,1-3H3. The van der Waals surface area contributed by atoms with Gasteiger partial charge in [-0.1, -0.05) is 26.7 Å². The van der Waals surface area contributed by atoms with Gasteiger partial charge in [0.25, 0.3) is 11.8 Å². The van der Waals surface area contributed by atoms with Crippen molar-refractivity contribution in [3.63, 3.8) is 0 Å². The van der Waals surface area contributed by atoms with Crippen molar-refractivity contribution < 1.29 is 22.8 Å². The Kier molecular flexibility index (Phi) is 5.81. The maximum absolute atomic E-state index is 13.0. The monoisotopic (exact) mass is 383 g/mol. The minimum atomic E-state index is -4.86. The second-order valence-electron chi connectivity index (χ2n) is 6.21. The molecule has 1 heterocycles. The maximum Gasteiger partial charge on any atom is 0.436 e. The molecule has 2 rings (SSSR count). The Balaban J connectivity index is 2.44. The van der Waals surface area contributed by atoms with Crippen LogP contribution in [0.5, 0.6) is 5.75 Å². The van der Waals surface area contributed by atoms with Crippen LogP contribution < -0.4 is 4.74 Å². The second kappa shape index (κ2) is 7.54. The van der Waals surface area contributed by atoms with E-state index in [1.54, 1.807) is 12.1 Å². The van der Waals surface area contributed by atoms with Crippen LogP contribution in [0.1, 0.15) is 31.9 Å². The summed E-state index contributed by atoms with van der Waals surface area (Å²) in [6.45, 7) is 6.37. The first kappa shape index (κ1) is 20.0. The van der Waals surface area contributed by atoms with Crippen molar-refractivity contribution in [1.29, 1.82) is 0 Å². The van der Waals surface area contributed by atoms with E-state index in [1.165, 1.54) is 6.07 Å². The van der Waals surface area contributed by atoms with E-state index < -0.39 is 31.0 Å². The molecule has 0 aliphatic carbocycles. The largest absolute Gasteiger partial charge is 0.469 e. The van der Waals surface area contributed by atoms with Gasteiger partial charge in [0.1, 0.15) is 13.8 Å². The zero-order valence-corrected chi connectivity index (χ0v) is 15.8. The third kappa shape index (κ3) is 4.10. The summed E-state index contributed by atoms with van der Waals surface area (Å²) in [5.74, 6) is 3.07. The maximum atomic E-state index is 13.0. The molecule has 0 saturated heterocycles. The van der Waals surface area contributed by atoms with Gasteiger partial charge in [0.15, 0.2) is 0 Å². The summed E-state index contributed by atoms with van der Waals surface area (Å²) in [6, 6.07) is 7.60. The molecule has 1 aromatic rings. The van der Waals surface area contributed by atoms with Crippen LogP contribution in [0.2, 0.25) is 18.1 Å². The molecule has 1 aliphatic rings. The number of rotatable bonds is 4. The molecule has 140 valence electrons. The lowest BCUT2D eigenvalue weighted by Gasteiger charge is -2.24. The van der Waals surface area contributed by atoms with Gasteiger partial charge >= 0.3 is 6.18 Å². The van der Waals surface area contributed by atoms with Crippen molar-refractivity contribution in [2.45, 2.75) is 51.2 Å². The van der Waals surface area contributed by atoms with Crippen molar-refractivity contribution in [2.75, 3.05) is 0 Å². The average Bonchev–Trinajstić information content (AvgIpc) is 2.61. The highest BCUT2D eigenvalue weighted by molar-refractivity contribution is 6.87. The van der Waals surface area contributed by atoms with Crippen LogP contribution in [0.3, 0.4) is 0 Å². The molecule has 0 bridgehead atoms. The number of alkyl halides is 3. The Bertz CT molecular complexity index is 781. The van der Waals surface area contributed by atoms with Gasteiger partial charge in [-0.25, -0.2) is 0 Å². The molecule has 0 radical (unpaired) electrons. The Hall–Kier alpha value is -2.27. The first-order valence-electron chi connectivity index (χ1n) is 8.42. The van der Waals surface area contributed by atoms with Crippen molar-refractivity contribution >= 4 is 14.1 Å². The first-order chi connectivity index (χ1) is 12.2. The van der Waals surface area contributed by atoms with E-state index in [2.05, 4.69) is 32.2 Å². The molecule has 0 spiro atoms. The van der Waals surface area contributed by atoms with Gasteiger partial charge in [0, 0.05) is 17.2 Å². The van der Waals surface area contributed by atoms with Crippen LogP contribution >= 0.6 is 0 Å². The highest BCUT2D eigenvalue weighted by atomic mass is 28.3. The molecule has 1 aliphatic heterocycles. The molecule has 1 aromatic carbocycles. The Morgan fingerprint density at radius 3 is 2.35 bits per heavy atom. The Labute approximate surface area is 151 Å². The van der Waals surface area contributed by atoms with Gasteiger partial charge in [-0.05, 0) is 36.3 Å². The van der Waals surface area contributed by atoms with Crippen LogP contribution in [-0.2, 0) is 0 Å². The molecule has 0 N–H and O–H groups in total. The van der Waals surface area contributed by atoms with Gasteiger partial charge in [0.2, 0.25) is 0 Å². The number of hydrogen-bond donors (Lipinski definition) is 0. The van der Waals surface area contributed by atoms with Gasteiger partial charge in [0.05, 0.1) is 4.92 Å². The van der Waals surface area contributed by atoms with Crippen LogP contribution in [0, 0.1) is 21.6 Å². The quantitative estimate of drug-likeness (QED) is 0.317. The Morgan fingerprint density at radius 1 is 1.23 bits per heavy atom. The third-order valence-electron chi connectivity index (χ3n) is 4.84. The molecular weight excluding hydrogens is 363 g/mol. The summed E-state index contributed by atoms with van der Waals surface area (Å²) in [7, 11) is -1.67. The number of ether oxygens (including phenoxy) is 1. The predicted octanol–water partition coefficient (Wildman–Crippen LogP) is 5.03. The van der Waals surface area contributed by atoms with E-state index >= 15 is 0 Å². The topological polar surface area (TPSA) is 52.4 Å². The Morgan fingerprint density at radius 2 is 1.85 bits per heavy atom. The molecule has 8 heteroatoms. The first-order valence-corrected chi connectivity index (χ1v) is 11.0. The van der Waals surface area contributed by atoms with E-state index in [0.717, 1.165) is 24.2 Å². The molecular formula is C18H20F3NO3Si. The fraction of sp³-hybridized carbons (Fsp3) is 0.444. The van der Waals surface area contributed by atoms with Crippen molar-refractivity contribution in [3.8, 4) is 17.2 Å². The number of nitro groups is 1. The molecule has 4 nitrogen and oxygen atoms in total. The molecule has 26 heavy (non-hydrogen) atoms. The molecule has 0 amide bonds. The highest BCUT2D eigenvalue weighted by Gasteiger charge is 2.51. The molecule has 0 aromatic heterocycles. The zero-order chi connectivity index (χ0) is 19.5. The van der Waals surface area contributed by atoms with Gasteiger partial charge in [-0.2, -0.15) is 13.2 Å². The summed E-state index contributed by atoms with van der Waals surface area (Å²) >= 11 is 0. The van der Waals surface area contributed by atoms with E-state index in [4.69, 9.17) is 4.74 Å². The SMILES string of the molecule is CC[Si](C#Cc1ccc2c(c1)C=C([N+](=O)[O-])C(C(F)(F)F)O2)(CC)CC. The lowest BCUT2D eigenvalue weighted by atomic mass is 10.0. The second-order valence-corrected chi connectivity index (χ2v) is 11.1.